The minimum Gasteiger partial charge on any atom is -0.494 e. The summed E-state index contributed by atoms with van der Waals surface area (Å²) in [6.07, 6.45) is 17.2. The molecule has 0 amide bonds. The van der Waals surface area contributed by atoms with E-state index in [0.717, 1.165) is 36.8 Å². The molecule has 0 heterocycles. The van der Waals surface area contributed by atoms with E-state index in [-0.39, 0.29) is 5.12 Å². The molecule has 2 aromatic rings. The van der Waals surface area contributed by atoms with Gasteiger partial charge in [0.05, 0.1) is 18.1 Å². The Bertz CT molecular complexity index is 853. The molecule has 0 radical (unpaired) electrons. The van der Waals surface area contributed by atoms with Crippen molar-refractivity contribution in [2.24, 2.45) is 0 Å². The van der Waals surface area contributed by atoms with Gasteiger partial charge in [0.15, 0.2) is 0 Å². The summed E-state index contributed by atoms with van der Waals surface area (Å²) in [5.74, 6) is 0.840. The quantitative estimate of drug-likeness (QED) is 0.130. The molecule has 0 unspecified atom stereocenters. The van der Waals surface area contributed by atoms with Gasteiger partial charge in [0, 0.05) is 11.6 Å². The van der Waals surface area contributed by atoms with Crippen molar-refractivity contribution in [3.05, 3.63) is 53.8 Å². The molecule has 0 bridgehead atoms. The molecule has 0 atom stereocenters. The Morgan fingerprint density at radius 1 is 0.667 bits per heavy atom. The second-order valence-electron chi connectivity index (χ2n) is 9.45. The van der Waals surface area contributed by atoms with E-state index in [1.165, 1.54) is 76.7 Å². The van der Waals surface area contributed by atoms with E-state index in [9.17, 15) is 9.18 Å². The van der Waals surface area contributed by atoms with Crippen molar-refractivity contribution in [1.29, 1.82) is 0 Å². The van der Waals surface area contributed by atoms with Gasteiger partial charge in [-0.15, -0.1) is 0 Å². The number of ether oxygens (including phenoxy) is 2. The van der Waals surface area contributed by atoms with Crippen molar-refractivity contribution in [2.75, 3.05) is 13.2 Å². The van der Waals surface area contributed by atoms with Crippen LogP contribution in [-0.4, -0.2) is 18.3 Å². The molecule has 0 aliphatic carbocycles. The molecule has 3 nitrogen and oxygen atoms in total. The van der Waals surface area contributed by atoms with Gasteiger partial charge in [-0.2, -0.15) is 0 Å². The third kappa shape index (κ3) is 12.8. The average Bonchev–Trinajstić information content (AvgIpc) is 2.89. The van der Waals surface area contributed by atoms with Crippen LogP contribution in [0.4, 0.5) is 4.39 Å². The standard InChI is InChI=1S/C31H45FO3S/c1-3-5-7-9-11-12-14-15-23-34-27-19-17-26(18-20-27)31(33)36-30-22-21-28(25-29(30)32)35-24-16-13-10-8-6-4-2/h17-22,25H,3-16,23-24H2,1-2H3. The lowest BCUT2D eigenvalue weighted by Crippen LogP contribution is -2.00. The maximum absolute atomic E-state index is 14.5. The molecule has 0 N–H and O–H groups in total. The molecule has 36 heavy (non-hydrogen) atoms. The van der Waals surface area contributed by atoms with Crippen LogP contribution >= 0.6 is 11.8 Å². The van der Waals surface area contributed by atoms with Crippen LogP contribution in [-0.2, 0) is 0 Å². The predicted molar refractivity (Wildman–Crippen MR) is 150 cm³/mol. The maximum atomic E-state index is 14.5. The Kier molecular flexibility index (Phi) is 16.1. The highest BCUT2D eigenvalue weighted by atomic mass is 32.2. The van der Waals surface area contributed by atoms with Gasteiger partial charge in [-0.1, -0.05) is 90.9 Å². The molecule has 0 fully saturated rings. The molecule has 2 aromatic carbocycles. The highest BCUT2D eigenvalue weighted by Crippen LogP contribution is 2.29. The van der Waals surface area contributed by atoms with E-state index in [2.05, 4.69) is 13.8 Å². The summed E-state index contributed by atoms with van der Waals surface area (Å²) >= 11 is 0.901. The van der Waals surface area contributed by atoms with Crippen LogP contribution in [0.2, 0.25) is 0 Å². The van der Waals surface area contributed by atoms with Crippen molar-refractivity contribution >= 4 is 16.9 Å². The van der Waals surface area contributed by atoms with Crippen LogP contribution < -0.4 is 9.47 Å². The highest BCUT2D eigenvalue weighted by Gasteiger charge is 2.13. The molecule has 0 aromatic heterocycles. The van der Waals surface area contributed by atoms with Crippen molar-refractivity contribution in [2.45, 2.75) is 109 Å². The number of halogens is 1. The van der Waals surface area contributed by atoms with Crippen LogP contribution in [0.15, 0.2) is 47.4 Å². The molecule has 200 valence electrons. The van der Waals surface area contributed by atoms with Crippen molar-refractivity contribution < 1.29 is 18.7 Å². The molecule has 0 spiro atoms. The molecule has 5 heteroatoms. The summed E-state index contributed by atoms with van der Waals surface area (Å²) in [6.45, 7) is 5.72. The van der Waals surface area contributed by atoms with Crippen molar-refractivity contribution in [3.63, 3.8) is 0 Å². The number of benzene rings is 2. The van der Waals surface area contributed by atoms with E-state index in [1.54, 1.807) is 24.3 Å². The third-order valence-corrected chi connectivity index (χ3v) is 7.20. The Labute approximate surface area is 222 Å². The van der Waals surface area contributed by atoms with Crippen LogP contribution in [0.5, 0.6) is 11.5 Å². The van der Waals surface area contributed by atoms with Crippen LogP contribution in [0.25, 0.3) is 0 Å². The molecule has 0 saturated carbocycles. The zero-order valence-corrected chi connectivity index (χ0v) is 23.2. The Morgan fingerprint density at radius 2 is 1.14 bits per heavy atom. The monoisotopic (exact) mass is 516 g/mol. The molecular formula is C31H45FO3S. The second kappa shape index (κ2) is 19.1. The normalized spacial score (nSPS) is 11.0. The number of hydrogen-bond donors (Lipinski definition) is 0. The highest BCUT2D eigenvalue weighted by molar-refractivity contribution is 8.14. The fourth-order valence-corrected chi connectivity index (χ4v) is 4.74. The van der Waals surface area contributed by atoms with Gasteiger partial charge in [-0.05, 0) is 61.0 Å². The second-order valence-corrected chi connectivity index (χ2v) is 10.5. The lowest BCUT2D eigenvalue weighted by Gasteiger charge is -2.09. The first-order valence-electron chi connectivity index (χ1n) is 14.0. The van der Waals surface area contributed by atoms with E-state index in [4.69, 9.17) is 9.47 Å². The zero-order valence-electron chi connectivity index (χ0n) is 22.4. The Balaban J connectivity index is 1.67. The summed E-state index contributed by atoms with van der Waals surface area (Å²) in [7, 11) is 0. The summed E-state index contributed by atoms with van der Waals surface area (Å²) in [4.78, 5) is 12.9. The molecule has 0 aliphatic rings. The van der Waals surface area contributed by atoms with Gasteiger partial charge >= 0.3 is 0 Å². The number of rotatable bonds is 20. The van der Waals surface area contributed by atoms with Crippen molar-refractivity contribution in [1.82, 2.24) is 0 Å². The smallest absolute Gasteiger partial charge is 0.224 e. The third-order valence-electron chi connectivity index (χ3n) is 6.23. The molecule has 0 aliphatic heterocycles. The summed E-state index contributed by atoms with van der Waals surface area (Å²) in [5.41, 5.74) is 0.530. The summed E-state index contributed by atoms with van der Waals surface area (Å²) in [6, 6.07) is 11.8. The fraction of sp³-hybridized carbons (Fsp3) is 0.581. The lowest BCUT2D eigenvalue weighted by molar-refractivity contribution is 0.108. The average molecular weight is 517 g/mol. The van der Waals surface area contributed by atoms with E-state index in [1.807, 2.05) is 12.1 Å². The zero-order chi connectivity index (χ0) is 25.8. The number of thioether (sulfide) groups is 1. The number of carbonyl (C=O) groups excluding carboxylic acids is 1. The summed E-state index contributed by atoms with van der Waals surface area (Å²) < 4.78 is 26.0. The van der Waals surface area contributed by atoms with Crippen LogP contribution in [0.3, 0.4) is 0 Å². The van der Waals surface area contributed by atoms with Gasteiger partial charge in [0.1, 0.15) is 17.3 Å². The van der Waals surface area contributed by atoms with Gasteiger partial charge in [-0.25, -0.2) is 4.39 Å². The van der Waals surface area contributed by atoms with Gasteiger partial charge in [-0.3, -0.25) is 4.79 Å². The van der Waals surface area contributed by atoms with E-state index < -0.39 is 5.82 Å². The fourth-order valence-electron chi connectivity index (χ4n) is 4.00. The predicted octanol–water partition coefficient (Wildman–Crippen LogP) is 10.0. The number of carbonyl (C=O) groups is 1. The van der Waals surface area contributed by atoms with Crippen LogP contribution in [0.1, 0.15) is 114 Å². The van der Waals surface area contributed by atoms with Crippen LogP contribution in [0, 0.1) is 5.82 Å². The SMILES string of the molecule is CCCCCCCCCCOc1ccc(C(=O)Sc2ccc(OCCCCCCCC)cc2F)cc1. The minimum absolute atomic E-state index is 0.190. The molecular weight excluding hydrogens is 471 g/mol. The number of hydrogen-bond acceptors (Lipinski definition) is 4. The Morgan fingerprint density at radius 3 is 1.67 bits per heavy atom. The largest absolute Gasteiger partial charge is 0.494 e. The van der Waals surface area contributed by atoms with Gasteiger partial charge in [0.2, 0.25) is 5.12 Å². The van der Waals surface area contributed by atoms with E-state index >= 15 is 0 Å². The van der Waals surface area contributed by atoms with E-state index in [0.29, 0.717) is 29.4 Å². The first-order valence-corrected chi connectivity index (χ1v) is 14.8. The molecule has 2 rings (SSSR count). The van der Waals surface area contributed by atoms with Gasteiger partial charge < -0.3 is 9.47 Å². The minimum atomic E-state index is -0.431. The molecule has 0 saturated heterocycles. The maximum Gasteiger partial charge on any atom is 0.224 e. The first kappa shape index (κ1) is 30.2. The van der Waals surface area contributed by atoms with Crippen molar-refractivity contribution in [3.8, 4) is 11.5 Å². The van der Waals surface area contributed by atoms with Gasteiger partial charge in [0.25, 0.3) is 0 Å². The summed E-state index contributed by atoms with van der Waals surface area (Å²) in [5, 5.41) is -0.190. The topological polar surface area (TPSA) is 35.5 Å². The lowest BCUT2D eigenvalue weighted by atomic mass is 10.1. The Hall–Kier alpha value is -2.01. The number of unbranched alkanes of at least 4 members (excludes halogenated alkanes) is 12. The first-order chi connectivity index (χ1) is 17.6.